The molecule has 0 amide bonds. The summed E-state index contributed by atoms with van der Waals surface area (Å²) in [5.41, 5.74) is 6.01. The second-order valence-corrected chi connectivity index (χ2v) is 2.83. The summed E-state index contributed by atoms with van der Waals surface area (Å²) in [6, 6.07) is 7.54. The van der Waals surface area contributed by atoms with E-state index in [1.165, 1.54) is 0 Å². The Labute approximate surface area is 80.4 Å². The molecule has 0 saturated heterocycles. The molecule has 0 spiro atoms. The SMILES string of the molecule is NC1N=c2ccccc2=CC1=C=O.O. The van der Waals surface area contributed by atoms with Gasteiger partial charge < -0.3 is 11.2 Å². The van der Waals surface area contributed by atoms with Crippen LogP contribution in [0.5, 0.6) is 0 Å². The van der Waals surface area contributed by atoms with Crippen LogP contribution in [-0.4, -0.2) is 17.6 Å². The summed E-state index contributed by atoms with van der Waals surface area (Å²) in [5.74, 6) is 1.79. The molecule has 14 heavy (non-hydrogen) atoms. The van der Waals surface area contributed by atoms with Gasteiger partial charge in [-0.25, -0.2) is 4.79 Å². The Morgan fingerprint density at radius 3 is 2.79 bits per heavy atom. The zero-order chi connectivity index (χ0) is 9.26. The highest BCUT2D eigenvalue weighted by molar-refractivity contribution is 5.70. The average molecular weight is 190 g/mol. The van der Waals surface area contributed by atoms with Gasteiger partial charge in [-0.05, 0) is 12.1 Å². The number of hydrogen-bond acceptors (Lipinski definition) is 3. The molecule has 2 rings (SSSR count). The van der Waals surface area contributed by atoms with Crippen LogP contribution in [0.1, 0.15) is 0 Å². The Hall–Kier alpha value is -1.74. The highest BCUT2D eigenvalue weighted by Gasteiger charge is 2.09. The first-order valence-corrected chi connectivity index (χ1v) is 3.96. The molecular formula is C10H10N2O2. The second kappa shape index (κ2) is 3.98. The van der Waals surface area contributed by atoms with E-state index in [1.807, 2.05) is 24.3 Å². The lowest BCUT2D eigenvalue weighted by Gasteiger charge is -2.07. The van der Waals surface area contributed by atoms with Crippen LogP contribution in [0.15, 0.2) is 34.8 Å². The lowest BCUT2D eigenvalue weighted by molar-refractivity contribution is 0.565. The number of para-hydroxylation sites is 1. The Morgan fingerprint density at radius 2 is 2.07 bits per heavy atom. The molecule has 4 N–H and O–H groups in total. The van der Waals surface area contributed by atoms with Gasteiger partial charge in [0.1, 0.15) is 12.1 Å². The van der Waals surface area contributed by atoms with Crippen molar-refractivity contribution in [3.8, 4) is 0 Å². The lowest BCUT2D eigenvalue weighted by atomic mass is 10.1. The van der Waals surface area contributed by atoms with Crippen molar-refractivity contribution in [1.82, 2.24) is 0 Å². The van der Waals surface area contributed by atoms with E-state index in [0.717, 1.165) is 10.6 Å². The molecule has 0 fully saturated rings. The summed E-state index contributed by atoms with van der Waals surface area (Å²) in [5, 5.41) is 1.75. The van der Waals surface area contributed by atoms with Crippen LogP contribution in [0.4, 0.5) is 0 Å². The number of nitrogens with two attached hydrogens (primary N) is 1. The van der Waals surface area contributed by atoms with E-state index in [-0.39, 0.29) is 5.48 Å². The molecule has 4 heteroatoms. The Bertz CT molecular complexity index is 501. The van der Waals surface area contributed by atoms with Crippen molar-refractivity contribution in [2.45, 2.75) is 6.17 Å². The molecule has 1 aliphatic heterocycles. The van der Waals surface area contributed by atoms with Crippen LogP contribution in [0.2, 0.25) is 0 Å². The van der Waals surface area contributed by atoms with Crippen molar-refractivity contribution >= 4 is 12.0 Å². The van der Waals surface area contributed by atoms with Gasteiger partial charge in [-0.1, -0.05) is 18.2 Å². The first-order chi connectivity index (χ1) is 6.31. The van der Waals surface area contributed by atoms with E-state index >= 15 is 0 Å². The van der Waals surface area contributed by atoms with Crippen molar-refractivity contribution in [1.29, 1.82) is 0 Å². The molecule has 0 aromatic heterocycles. The maximum atomic E-state index is 10.4. The summed E-state index contributed by atoms with van der Waals surface area (Å²) in [6.07, 6.45) is 1.16. The van der Waals surface area contributed by atoms with E-state index < -0.39 is 6.17 Å². The molecule has 1 aromatic rings. The van der Waals surface area contributed by atoms with Gasteiger partial charge in [0, 0.05) is 5.22 Å². The Balaban J connectivity index is 0.000000980. The fourth-order valence-corrected chi connectivity index (χ4v) is 1.29. The normalized spacial score (nSPS) is 18.1. The highest BCUT2D eigenvalue weighted by Crippen LogP contribution is 1.99. The predicted octanol–water partition coefficient (Wildman–Crippen LogP) is -1.68. The quantitative estimate of drug-likeness (QED) is 0.495. The molecule has 0 radical (unpaired) electrons. The van der Waals surface area contributed by atoms with Crippen molar-refractivity contribution < 1.29 is 10.3 Å². The van der Waals surface area contributed by atoms with Crippen LogP contribution in [0.25, 0.3) is 6.08 Å². The van der Waals surface area contributed by atoms with Crippen molar-refractivity contribution in [3.63, 3.8) is 0 Å². The molecule has 0 aliphatic carbocycles. The minimum Gasteiger partial charge on any atom is -0.412 e. The monoisotopic (exact) mass is 190 g/mol. The molecule has 0 bridgehead atoms. The van der Waals surface area contributed by atoms with Crippen LogP contribution in [-0.2, 0) is 4.79 Å². The molecule has 1 heterocycles. The fourth-order valence-electron chi connectivity index (χ4n) is 1.29. The van der Waals surface area contributed by atoms with Gasteiger partial charge >= 0.3 is 0 Å². The van der Waals surface area contributed by atoms with E-state index in [0.29, 0.717) is 5.57 Å². The number of fused-ring (bicyclic) bond motifs is 1. The van der Waals surface area contributed by atoms with Gasteiger partial charge in [0.25, 0.3) is 0 Å². The van der Waals surface area contributed by atoms with Crippen LogP contribution < -0.4 is 16.3 Å². The molecule has 0 saturated carbocycles. The minimum atomic E-state index is -0.563. The average Bonchev–Trinajstić information content (AvgIpc) is 2.17. The summed E-state index contributed by atoms with van der Waals surface area (Å²) < 4.78 is 0. The topological polar surface area (TPSA) is 86.9 Å². The van der Waals surface area contributed by atoms with Crippen LogP contribution in [0, 0.1) is 0 Å². The van der Waals surface area contributed by atoms with Crippen LogP contribution in [0.3, 0.4) is 0 Å². The maximum Gasteiger partial charge on any atom is 0.134 e. The zero-order valence-corrected chi connectivity index (χ0v) is 7.40. The fraction of sp³-hybridized carbons (Fsp3) is 0.100. The third-order valence-electron chi connectivity index (χ3n) is 1.96. The second-order valence-electron chi connectivity index (χ2n) is 2.83. The number of rotatable bonds is 0. The Kier molecular flexibility index (Phi) is 2.94. The number of carbonyl (C=O) groups excluding carboxylic acids is 1. The van der Waals surface area contributed by atoms with E-state index in [9.17, 15) is 4.79 Å². The standard InChI is InChI=1S/C10H8N2O.H2O/c11-10-8(6-13)5-7-3-1-2-4-9(7)12-10;/h1-5,10H,11H2;1H2. The third-order valence-corrected chi connectivity index (χ3v) is 1.96. The van der Waals surface area contributed by atoms with Crippen molar-refractivity contribution in [2.24, 2.45) is 10.7 Å². The van der Waals surface area contributed by atoms with Crippen LogP contribution >= 0.6 is 0 Å². The smallest absolute Gasteiger partial charge is 0.134 e. The summed E-state index contributed by atoms with van der Waals surface area (Å²) >= 11 is 0. The first-order valence-electron chi connectivity index (χ1n) is 3.96. The van der Waals surface area contributed by atoms with E-state index in [2.05, 4.69) is 4.99 Å². The Morgan fingerprint density at radius 1 is 1.36 bits per heavy atom. The van der Waals surface area contributed by atoms with Gasteiger partial charge in [-0.2, -0.15) is 0 Å². The van der Waals surface area contributed by atoms with Gasteiger partial charge in [0.15, 0.2) is 0 Å². The van der Waals surface area contributed by atoms with Gasteiger partial charge in [0.05, 0.1) is 10.9 Å². The number of benzene rings is 1. The predicted molar refractivity (Wildman–Crippen MR) is 52.5 cm³/mol. The molecule has 72 valence electrons. The molecule has 1 unspecified atom stereocenters. The summed E-state index contributed by atoms with van der Waals surface area (Å²) in [7, 11) is 0. The molecule has 1 aromatic carbocycles. The molecule has 1 atom stereocenters. The van der Waals surface area contributed by atoms with Gasteiger partial charge in [0.2, 0.25) is 0 Å². The number of nitrogens with zero attached hydrogens (tertiary/aromatic N) is 1. The largest absolute Gasteiger partial charge is 0.412 e. The van der Waals surface area contributed by atoms with Crippen molar-refractivity contribution in [2.75, 3.05) is 0 Å². The first kappa shape index (κ1) is 10.3. The summed E-state index contributed by atoms with van der Waals surface area (Å²) in [6.45, 7) is 0. The van der Waals surface area contributed by atoms with Crippen molar-refractivity contribution in [3.05, 3.63) is 40.4 Å². The maximum absolute atomic E-state index is 10.4. The minimum absolute atomic E-state index is 0. The summed E-state index contributed by atoms with van der Waals surface area (Å²) in [4.78, 5) is 14.6. The molecule has 1 aliphatic rings. The number of hydrogen-bond donors (Lipinski definition) is 1. The van der Waals surface area contributed by atoms with Gasteiger partial charge in [-0.3, -0.25) is 4.99 Å². The third kappa shape index (κ3) is 1.63. The zero-order valence-electron chi connectivity index (χ0n) is 7.40. The highest BCUT2D eigenvalue weighted by atomic mass is 16.1. The molecular weight excluding hydrogens is 180 g/mol. The van der Waals surface area contributed by atoms with E-state index in [4.69, 9.17) is 5.73 Å². The molecule has 4 nitrogen and oxygen atoms in total. The lowest BCUT2D eigenvalue weighted by Crippen LogP contribution is -2.35. The van der Waals surface area contributed by atoms with Gasteiger partial charge in [-0.15, -0.1) is 0 Å². The van der Waals surface area contributed by atoms with E-state index in [1.54, 1.807) is 12.0 Å².